The maximum absolute atomic E-state index is 12.8. The smallest absolute Gasteiger partial charge is 0.248 e. The molecule has 0 spiro atoms. The molecule has 0 aromatic heterocycles. The Bertz CT molecular complexity index is 363. The Hall–Kier alpha value is -1.06. The van der Waals surface area contributed by atoms with Crippen LogP contribution in [0.5, 0.6) is 0 Å². The molecular formula is C15H26N2O2. The van der Waals surface area contributed by atoms with Gasteiger partial charge in [-0.3, -0.25) is 9.59 Å². The maximum atomic E-state index is 12.8. The van der Waals surface area contributed by atoms with Gasteiger partial charge in [0, 0.05) is 19.0 Å². The van der Waals surface area contributed by atoms with Gasteiger partial charge in [0.15, 0.2) is 0 Å². The van der Waals surface area contributed by atoms with E-state index in [0.29, 0.717) is 37.8 Å². The van der Waals surface area contributed by atoms with Crippen molar-refractivity contribution in [2.45, 2.75) is 70.9 Å². The van der Waals surface area contributed by atoms with E-state index in [4.69, 9.17) is 0 Å². The van der Waals surface area contributed by atoms with Gasteiger partial charge in [0.1, 0.15) is 5.54 Å². The van der Waals surface area contributed by atoms with Crippen LogP contribution >= 0.6 is 0 Å². The van der Waals surface area contributed by atoms with Crippen LogP contribution in [0, 0.1) is 5.92 Å². The van der Waals surface area contributed by atoms with E-state index in [2.05, 4.69) is 12.2 Å². The normalized spacial score (nSPS) is 29.9. The minimum Gasteiger partial charge on any atom is -0.342 e. The summed E-state index contributed by atoms with van der Waals surface area (Å²) in [5.74, 6) is 0.827. The third-order valence-corrected chi connectivity index (χ3v) is 4.78. The Morgan fingerprint density at radius 1 is 1.26 bits per heavy atom. The molecule has 2 amide bonds. The highest BCUT2D eigenvalue weighted by Gasteiger charge is 2.49. The number of amides is 2. The maximum Gasteiger partial charge on any atom is 0.248 e. The zero-order chi connectivity index (χ0) is 14.0. The lowest BCUT2D eigenvalue weighted by molar-refractivity contribution is -0.139. The first-order chi connectivity index (χ1) is 9.07. The van der Waals surface area contributed by atoms with Crippen LogP contribution < -0.4 is 5.32 Å². The van der Waals surface area contributed by atoms with E-state index in [1.54, 1.807) is 0 Å². The van der Waals surface area contributed by atoms with Gasteiger partial charge in [-0.25, -0.2) is 0 Å². The van der Waals surface area contributed by atoms with Crippen LogP contribution in [0.1, 0.15) is 59.3 Å². The second-order valence-electron chi connectivity index (χ2n) is 5.94. The van der Waals surface area contributed by atoms with Crippen LogP contribution in [0.15, 0.2) is 0 Å². The molecular weight excluding hydrogens is 240 g/mol. The number of rotatable bonds is 5. The van der Waals surface area contributed by atoms with Crippen LogP contribution in [0.3, 0.4) is 0 Å². The lowest BCUT2D eigenvalue weighted by atomic mass is 9.91. The van der Waals surface area contributed by atoms with Crippen molar-refractivity contribution in [3.05, 3.63) is 0 Å². The van der Waals surface area contributed by atoms with Crippen molar-refractivity contribution in [3.63, 3.8) is 0 Å². The summed E-state index contributed by atoms with van der Waals surface area (Å²) in [5.41, 5.74) is -0.660. The molecule has 2 rings (SSSR count). The first-order valence-electron chi connectivity index (χ1n) is 7.70. The molecule has 2 fully saturated rings. The first-order valence-corrected chi connectivity index (χ1v) is 7.70. The zero-order valence-corrected chi connectivity index (χ0v) is 12.4. The quantitative estimate of drug-likeness (QED) is 0.828. The van der Waals surface area contributed by atoms with Crippen molar-refractivity contribution < 1.29 is 9.59 Å². The average molecular weight is 266 g/mol. The topological polar surface area (TPSA) is 49.4 Å². The number of carbonyl (C=O) groups is 2. The van der Waals surface area contributed by atoms with Crippen molar-refractivity contribution in [3.8, 4) is 0 Å². The summed E-state index contributed by atoms with van der Waals surface area (Å²) in [6.45, 7) is 6.76. The predicted octanol–water partition coefficient (Wildman–Crippen LogP) is 2.08. The van der Waals surface area contributed by atoms with Crippen LogP contribution in [0.2, 0.25) is 0 Å². The summed E-state index contributed by atoms with van der Waals surface area (Å²) in [6, 6.07) is 0.387. The van der Waals surface area contributed by atoms with Crippen molar-refractivity contribution in [2.75, 3.05) is 6.54 Å². The van der Waals surface area contributed by atoms with E-state index in [1.165, 1.54) is 12.8 Å². The summed E-state index contributed by atoms with van der Waals surface area (Å²) in [7, 11) is 0. The molecule has 1 N–H and O–H groups in total. The molecule has 1 aliphatic carbocycles. The highest BCUT2D eigenvalue weighted by Crippen LogP contribution is 2.41. The van der Waals surface area contributed by atoms with E-state index in [-0.39, 0.29) is 11.8 Å². The number of nitrogens with one attached hydrogen (secondary N) is 1. The van der Waals surface area contributed by atoms with Gasteiger partial charge in [-0.05, 0) is 31.6 Å². The Morgan fingerprint density at radius 3 is 2.53 bits per heavy atom. The van der Waals surface area contributed by atoms with Gasteiger partial charge >= 0.3 is 0 Å². The first kappa shape index (κ1) is 14.4. The van der Waals surface area contributed by atoms with E-state index in [1.807, 2.05) is 18.7 Å². The minimum atomic E-state index is -0.660. The van der Waals surface area contributed by atoms with Crippen LogP contribution in [0.25, 0.3) is 0 Å². The van der Waals surface area contributed by atoms with Gasteiger partial charge in [0.25, 0.3) is 0 Å². The van der Waals surface area contributed by atoms with Gasteiger partial charge in [-0.15, -0.1) is 0 Å². The number of nitrogens with zero attached hydrogens (tertiary/aromatic N) is 1. The highest BCUT2D eigenvalue weighted by molar-refractivity contribution is 5.93. The molecule has 4 heteroatoms. The molecule has 2 aliphatic rings. The summed E-state index contributed by atoms with van der Waals surface area (Å²) < 4.78 is 0. The molecule has 108 valence electrons. The lowest BCUT2D eigenvalue weighted by Gasteiger charge is -2.34. The number of hydrogen-bond acceptors (Lipinski definition) is 2. The highest BCUT2D eigenvalue weighted by atomic mass is 16.2. The minimum absolute atomic E-state index is 0.0206. The Balaban J connectivity index is 2.16. The summed E-state index contributed by atoms with van der Waals surface area (Å²) in [5, 5.41) is 2.97. The zero-order valence-electron chi connectivity index (χ0n) is 12.4. The molecule has 0 radical (unpaired) electrons. The number of hydrogen-bond donors (Lipinski definition) is 1. The van der Waals surface area contributed by atoms with Crippen LogP contribution in [-0.2, 0) is 9.59 Å². The molecule has 1 heterocycles. The summed E-state index contributed by atoms with van der Waals surface area (Å²) in [4.78, 5) is 26.7. The SMILES string of the molecule is CCCC1CC1N1CCC(=O)NC(CC)(CC)C1=O. The van der Waals surface area contributed by atoms with Gasteiger partial charge in [0.2, 0.25) is 11.8 Å². The van der Waals surface area contributed by atoms with Gasteiger partial charge < -0.3 is 10.2 Å². The van der Waals surface area contributed by atoms with Crippen molar-refractivity contribution >= 4 is 11.8 Å². The largest absolute Gasteiger partial charge is 0.342 e. The second kappa shape index (κ2) is 5.51. The van der Waals surface area contributed by atoms with E-state index >= 15 is 0 Å². The van der Waals surface area contributed by atoms with Crippen LogP contribution in [0.4, 0.5) is 0 Å². The fourth-order valence-corrected chi connectivity index (χ4v) is 3.32. The number of carbonyl (C=O) groups excluding carboxylic acids is 2. The fraction of sp³-hybridized carbons (Fsp3) is 0.867. The van der Waals surface area contributed by atoms with Gasteiger partial charge in [-0.1, -0.05) is 27.2 Å². The molecule has 4 nitrogen and oxygen atoms in total. The molecule has 1 aliphatic heterocycles. The molecule has 0 aromatic carbocycles. The Morgan fingerprint density at radius 2 is 1.95 bits per heavy atom. The molecule has 19 heavy (non-hydrogen) atoms. The lowest BCUT2D eigenvalue weighted by Crippen LogP contribution is -2.57. The fourth-order valence-electron chi connectivity index (χ4n) is 3.32. The molecule has 0 bridgehead atoms. The van der Waals surface area contributed by atoms with E-state index in [9.17, 15) is 9.59 Å². The molecule has 0 aromatic rings. The monoisotopic (exact) mass is 266 g/mol. The summed E-state index contributed by atoms with van der Waals surface area (Å²) >= 11 is 0. The van der Waals surface area contributed by atoms with Crippen molar-refractivity contribution in [2.24, 2.45) is 5.92 Å². The average Bonchev–Trinajstić information content (AvgIpc) is 3.16. The third-order valence-electron chi connectivity index (χ3n) is 4.78. The standard InChI is InChI=1S/C15H26N2O2/c1-4-7-11-10-12(11)17-9-8-13(18)16-15(5-2,6-3)14(17)19/h11-12H,4-10H2,1-3H3,(H,16,18). The van der Waals surface area contributed by atoms with Gasteiger partial charge in [0.05, 0.1) is 0 Å². The Labute approximate surface area is 115 Å². The predicted molar refractivity (Wildman–Crippen MR) is 74.6 cm³/mol. The van der Waals surface area contributed by atoms with E-state index in [0.717, 1.165) is 6.42 Å². The van der Waals surface area contributed by atoms with Crippen LogP contribution in [-0.4, -0.2) is 34.8 Å². The van der Waals surface area contributed by atoms with E-state index < -0.39 is 5.54 Å². The van der Waals surface area contributed by atoms with Crippen molar-refractivity contribution in [1.29, 1.82) is 0 Å². The van der Waals surface area contributed by atoms with Gasteiger partial charge in [-0.2, -0.15) is 0 Å². The van der Waals surface area contributed by atoms with Crippen molar-refractivity contribution in [1.82, 2.24) is 10.2 Å². The molecule has 1 saturated carbocycles. The Kier molecular flexibility index (Phi) is 4.16. The second-order valence-corrected chi connectivity index (χ2v) is 5.94. The molecule has 2 atom stereocenters. The third kappa shape index (κ3) is 2.63. The summed E-state index contributed by atoms with van der Waals surface area (Å²) in [6.07, 6.45) is 5.29. The molecule has 1 saturated heterocycles. The molecule has 2 unspecified atom stereocenters.